The van der Waals surface area contributed by atoms with Crippen LogP contribution in [-0.2, 0) is 103 Å². The largest absolute Gasteiger partial charge is 2.00 e. The fourth-order valence-electron chi connectivity index (χ4n) is 4.75. The van der Waals surface area contributed by atoms with E-state index in [9.17, 15) is 19.6 Å². The van der Waals surface area contributed by atoms with Crippen LogP contribution in [0.3, 0.4) is 0 Å². The summed E-state index contributed by atoms with van der Waals surface area (Å²) in [5, 5.41) is 0. The molecule has 260 valence electrons. The van der Waals surface area contributed by atoms with Gasteiger partial charge in [-0.2, -0.15) is 0 Å². The second kappa shape index (κ2) is 39.2. The molecule has 4 nitrogen and oxygen atoms in total. The summed E-state index contributed by atoms with van der Waals surface area (Å²) in [6.45, 7) is 13.4. The third-order valence-electron chi connectivity index (χ3n) is 7.42. The van der Waals surface area contributed by atoms with E-state index < -0.39 is 31.5 Å². The van der Waals surface area contributed by atoms with Crippen LogP contribution < -0.4 is 19.6 Å². The van der Waals surface area contributed by atoms with Gasteiger partial charge in [-0.05, 0) is 60.5 Å². The van der Waals surface area contributed by atoms with Crippen molar-refractivity contribution in [2.24, 2.45) is 11.8 Å². The van der Waals surface area contributed by atoms with Gasteiger partial charge in [0, 0.05) is 0 Å². The van der Waals surface area contributed by atoms with Gasteiger partial charge in [0.15, 0.2) is 0 Å². The van der Waals surface area contributed by atoms with Gasteiger partial charge in [0.25, 0.3) is 0 Å². The molecule has 0 saturated carbocycles. The van der Waals surface area contributed by atoms with Crippen LogP contribution in [0.2, 0.25) is 0 Å². The Bertz CT molecular complexity index is 661. The maximum Gasteiger partial charge on any atom is 2.00 e. The standard InChI is InChI=1S/2C16H34O2PS2.3Zn/c2*1-4-5-6-7-8-11-14-21(19(17,18)20)15-12-9-10-13-16(2)3;;;/h2*16H,4-15H2,1-3H3;;;/q2*-3;3*+2. The van der Waals surface area contributed by atoms with E-state index in [0.29, 0.717) is 0 Å². The summed E-state index contributed by atoms with van der Waals surface area (Å²) in [5.41, 5.74) is -7.09. The van der Waals surface area contributed by atoms with E-state index in [1.807, 2.05) is 0 Å². The molecule has 0 aromatic rings. The fraction of sp³-hybridized carbons (Fsp3) is 1.00. The minimum atomic E-state index is -3.54. The van der Waals surface area contributed by atoms with Crippen LogP contribution in [-0.4, -0.2) is 23.0 Å². The Morgan fingerprint density at radius 1 is 0.422 bits per heavy atom. The van der Waals surface area contributed by atoms with Gasteiger partial charge in [0.05, 0.1) is 0 Å². The third-order valence-corrected chi connectivity index (χ3v) is 21.5. The molecule has 0 fully saturated rings. The van der Waals surface area contributed by atoms with Crippen molar-refractivity contribution in [3.8, 4) is 0 Å². The molecule has 0 aromatic carbocycles. The normalized spacial score (nSPS) is 12.9. The first-order chi connectivity index (χ1) is 19.8. The first-order valence-corrected chi connectivity index (χ1v) is 26.8. The molecule has 0 spiro atoms. The summed E-state index contributed by atoms with van der Waals surface area (Å²) in [5.74, 6) is 4.71. The molecule has 0 saturated heterocycles. The monoisotopic (exact) mass is 898 g/mol. The quantitative estimate of drug-likeness (QED) is 0.0376. The zero-order valence-electron chi connectivity index (χ0n) is 30.4. The van der Waals surface area contributed by atoms with Crippen LogP contribution in [0.15, 0.2) is 0 Å². The first-order valence-electron chi connectivity index (χ1n) is 17.2. The molecule has 0 bridgehead atoms. The van der Waals surface area contributed by atoms with E-state index in [2.05, 4.69) is 41.5 Å². The van der Waals surface area contributed by atoms with E-state index in [1.54, 1.807) is 0 Å². The molecule has 0 rings (SSSR count). The molecule has 2 atom stereocenters. The van der Waals surface area contributed by atoms with Crippen molar-refractivity contribution < 1.29 is 78.0 Å². The molecular formula is C32H68O4P2S4Zn3. The topological polar surface area (TPSA) is 92.2 Å². The number of unbranched alkanes of at least 4 members (excludes halogenated alkanes) is 14. The fourth-order valence-corrected chi connectivity index (χ4v) is 15.1. The predicted molar refractivity (Wildman–Crippen MR) is 196 cm³/mol. The van der Waals surface area contributed by atoms with E-state index >= 15 is 0 Å². The summed E-state index contributed by atoms with van der Waals surface area (Å²) in [4.78, 5) is 46.9. The Kier molecular flexibility index (Phi) is 50.8. The zero-order chi connectivity index (χ0) is 32.3. The van der Waals surface area contributed by atoms with Crippen molar-refractivity contribution in [1.29, 1.82) is 0 Å². The average Bonchev–Trinajstić information content (AvgIpc) is 2.88. The summed E-state index contributed by atoms with van der Waals surface area (Å²) < 4.78 is 0. The van der Waals surface area contributed by atoms with Crippen LogP contribution in [0.1, 0.15) is 170 Å². The number of hydrogen-bond donors (Lipinski definition) is 0. The van der Waals surface area contributed by atoms with Crippen molar-refractivity contribution in [3.05, 3.63) is 0 Å². The van der Waals surface area contributed by atoms with E-state index in [-0.39, 0.29) is 58.4 Å². The van der Waals surface area contributed by atoms with Crippen LogP contribution in [0.4, 0.5) is 0 Å². The van der Waals surface area contributed by atoms with Crippen LogP contribution in [0.25, 0.3) is 0 Å². The van der Waals surface area contributed by atoms with Gasteiger partial charge in [0.2, 0.25) is 0 Å². The molecule has 0 aromatic heterocycles. The molecule has 0 radical (unpaired) electrons. The molecule has 13 heteroatoms. The minimum absolute atomic E-state index is 0. The Hall–Kier alpha value is 3.97. The minimum Gasteiger partial charge on any atom is -0.854 e. The molecule has 0 aliphatic carbocycles. The van der Waals surface area contributed by atoms with Gasteiger partial charge in [-0.25, -0.2) is 20.1 Å². The predicted octanol–water partition coefficient (Wildman–Crippen LogP) is 8.25. The SMILES string of the molecule is CCCCCCCCS(CCCCCC(C)C)=P([O-])([O-])[S-].CCCCCCCCS(CCCCCC(C)C)=P([O-])([O-])[S-].[Zn+2].[Zn+2].[Zn+2]. The Balaban J connectivity index is -0.000000222. The van der Waals surface area contributed by atoms with Gasteiger partial charge in [-0.1, -0.05) is 144 Å². The smallest absolute Gasteiger partial charge is 0.854 e. The Morgan fingerprint density at radius 3 is 0.867 bits per heavy atom. The molecule has 0 aliphatic rings. The third kappa shape index (κ3) is 44.1. The molecule has 45 heavy (non-hydrogen) atoms. The molecule has 0 N–H and O–H groups in total. The summed E-state index contributed by atoms with van der Waals surface area (Å²) >= 11 is 9.52. The van der Waals surface area contributed by atoms with Gasteiger partial charge in [0.1, 0.15) is 0 Å². The molecule has 2 unspecified atom stereocenters. The first kappa shape index (κ1) is 58.3. The van der Waals surface area contributed by atoms with Gasteiger partial charge in [-0.15, -0.1) is 0 Å². The molecule has 0 amide bonds. The van der Waals surface area contributed by atoms with Gasteiger partial charge >= 0.3 is 58.4 Å². The summed E-state index contributed by atoms with van der Waals surface area (Å²) in [7, 11) is -1.10. The van der Waals surface area contributed by atoms with Crippen LogP contribution in [0.5, 0.6) is 0 Å². The zero-order valence-corrected chi connectivity index (χ0v) is 44.4. The van der Waals surface area contributed by atoms with Crippen molar-refractivity contribution in [2.75, 3.05) is 23.0 Å². The second-order valence-electron chi connectivity index (χ2n) is 12.7. The van der Waals surface area contributed by atoms with Crippen molar-refractivity contribution in [2.45, 2.75) is 170 Å². The molecule has 0 aliphatic heterocycles. The molecule has 0 heterocycles. The van der Waals surface area contributed by atoms with Crippen LogP contribution in [0, 0.1) is 11.8 Å². The number of hydrogen-bond acceptors (Lipinski definition) is 6. The van der Waals surface area contributed by atoms with Gasteiger partial charge in [-0.3, -0.25) is 0 Å². The summed E-state index contributed by atoms with van der Waals surface area (Å²) in [6, 6.07) is 0. The Labute approximate surface area is 335 Å². The molecular weight excluding hydrogens is 835 g/mol. The maximum absolute atomic E-state index is 11.7. The van der Waals surface area contributed by atoms with E-state index in [0.717, 1.165) is 86.2 Å². The second-order valence-corrected chi connectivity index (χ2v) is 28.2. The number of rotatable bonds is 26. The van der Waals surface area contributed by atoms with E-state index in [1.165, 1.54) is 77.0 Å². The van der Waals surface area contributed by atoms with Crippen molar-refractivity contribution >= 4 is 56.0 Å². The summed E-state index contributed by atoms with van der Waals surface area (Å²) in [6.07, 6.45) is 23.8. The van der Waals surface area contributed by atoms with E-state index in [4.69, 9.17) is 24.5 Å². The van der Waals surface area contributed by atoms with Gasteiger partial charge < -0.3 is 55.5 Å². The van der Waals surface area contributed by atoms with Crippen LogP contribution >= 0.6 is 11.4 Å². The van der Waals surface area contributed by atoms with Crippen molar-refractivity contribution in [1.82, 2.24) is 0 Å². The average molecular weight is 903 g/mol. The maximum atomic E-state index is 11.7. The van der Waals surface area contributed by atoms with Crippen molar-refractivity contribution in [3.63, 3.8) is 0 Å². The Morgan fingerprint density at radius 2 is 0.644 bits per heavy atom.